The number of benzene rings is 1. The zero-order chi connectivity index (χ0) is 14.3. The lowest BCUT2D eigenvalue weighted by molar-refractivity contribution is 0.0699. The van der Waals surface area contributed by atoms with Crippen molar-refractivity contribution in [3.63, 3.8) is 0 Å². The summed E-state index contributed by atoms with van der Waals surface area (Å²) in [6.07, 6.45) is 1.43. The van der Waals surface area contributed by atoms with Crippen LogP contribution in [0, 0.1) is 6.92 Å². The summed E-state index contributed by atoms with van der Waals surface area (Å²) >= 11 is 6.09. The quantitative estimate of drug-likeness (QED) is 0.758. The van der Waals surface area contributed by atoms with E-state index in [9.17, 15) is 4.79 Å². The number of pyridine rings is 1. The molecule has 6 heteroatoms. The number of fused-ring (bicyclic) bond motifs is 1. The number of nitrogens with one attached hydrogen (secondary N) is 1. The van der Waals surface area contributed by atoms with Gasteiger partial charge in [0.2, 0.25) is 0 Å². The van der Waals surface area contributed by atoms with E-state index in [1.807, 2.05) is 19.1 Å². The van der Waals surface area contributed by atoms with Gasteiger partial charge in [-0.15, -0.1) is 0 Å². The molecule has 5 nitrogen and oxygen atoms in total. The van der Waals surface area contributed by atoms with Crippen LogP contribution in [0.1, 0.15) is 15.9 Å². The average molecular weight is 288 g/mol. The van der Waals surface area contributed by atoms with Gasteiger partial charge in [-0.3, -0.25) is 0 Å². The largest absolute Gasteiger partial charge is 0.478 e. The van der Waals surface area contributed by atoms with Gasteiger partial charge in [0.05, 0.1) is 11.1 Å². The van der Waals surface area contributed by atoms with E-state index in [2.05, 4.69) is 15.0 Å². The van der Waals surface area contributed by atoms with Crippen molar-refractivity contribution in [3.05, 3.63) is 46.6 Å². The van der Waals surface area contributed by atoms with Crippen LogP contribution in [0.5, 0.6) is 0 Å². The Kier molecular flexibility index (Phi) is 2.91. The minimum atomic E-state index is -1.02. The zero-order valence-corrected chi connectivity index (χ0v) is 11.3. The van der Waals surface area contributed by atoms with Gasteiger partial charge >= 0.3 is 5.97 Å². The van der Waals surface area contributed by atoms with E-state index in [0.717, 1.165) is 11.1 Å². The van der Waals surface area contributed by atoms with E-state index in [-0.39, 0.29) is 5.56 Å². The molecule has 0 atom stereocenters. The third kappa shape index (κ3) is 1.92. The van der Waals surface area contributed by atoms with Crippen molar-refractivity contribution >= 4 is 28.7 Å². The fourth-order valence-corrected chi connectivity index (χ4v) is 2.26. The smallest absolute Gasteiger partial charge is 0.338 e. The summed E-state index contributed by atoms with van der Waals surface area (Å²) in [5.41, 5.74) is 2.64. The predicted molar refractivity (Wildman–Crippen MR) is 76.0 cm³/mol. The SMILES string of the molecule is Cc1c(Cl)cccc1-c1nc2nccc(C(=O)O)c2[nH]1. The Hall–Kier alpha value is -2.40. The number of H-pyrrole nitrogens is 1. The van der Waals surface area contributed by atoms with Crippen LogP contribution in [0.25, 0.3) is 22.6 Å². The molecule has 3 rings (SSSR count). The average Bonchev–Trinajstić information content (AvgIpc) is 2.84. The van der Waals surface area contributed by atoms with Crippen molar-refractivity contribution in [1.29, 1.82) is 0 Å². The van der Waals surface area contributed by atoms with E-state index in [1.165, 1.54) is 12.3 Å². The summed E-state index contributed by atoms with van der Waals surface area (Å²) in [7, 11) is 0. The molecule has 0 fully saturated rings. The summed E-state index contributed by atoms with van der Waals surface area (Å²) in [5.74, 6) is -0.461. The van der Waals surface area contributed by atoms with E-state index in [4.69, 9.17) is 16.7 Å². The lowest BCUT2D eigenvalue weighted by atomic mass is 10.1. The second kappa shape index (κ2) is 4.61. The van der Waals surface area contributed by atoms with Crippen LogP contribution in [-0.4, -0.2) is 26.0 Å². The number of halogens is 1. The maximum Gasteiger partial charge on any atom is 0.338 e. The lowest BCUT2D eigenvalue weighted by Crippen LogP contribution is -1.97. The second-order valence-electron chi connectivity index (χ2n) is 4.36. The van der Waals surface area contributed by atoms with Gasteiger partial charge in [-0.2, -0.15) is 0 Å². The summed E-state index contributed by atoms with van der Waals surface area (Å²) in [6, 6.07) is 6.93. The number of imidazole rings is 1. The number of nitrogens with zero attached hydrogens (tertiary/aromatic N) is 2. The molecule has 0 saturated heterocycles. The van der Waals surface area contributed by atoms with Crippen molar-refractivity contribution in [2.75, 3.05) is 0 Å². The van der Waals surface area contributed by atoms with Gasteiger partial charge in [-0.1, -0.05) is 23.7 Å². The Labute approximate surface area is 119 Å². The van der Waals surface area contributed by atoms with Gasteiger partial charge in [0, 0.05) is 16.8 Å². The molecule has 2 heterocycles. The monoisotopic (exact) mass is 287 g/mol. The molecule has 100 valence electrons. The van der Waals surface area contributed by atoms with Crippen LogP contribution in [-0.2, 0) is 0 Å². The van der Waals surface area contributed by atoms with Crippen LogP contribution in [0.3, 0.4) is 0 Å². The van der Waals surface area contributed by atoms with Crippen LogP contribution in [0.2, 0.25) is 5.02 Å². The van der Waals surface area contributed by atoms with Crippen LogP contribution in [0.4, 0.5) is 0 Å². The standard InChI is InChI=1S/C14H10ClN3O2/c1-7-8(3-2-4-10(7)15)12-17-11-9(14(19)20)5-6-16-13(11)18-12/h2-6H,1H3,(H,19,20)(H,16,17,18). The molecule has 0 radical (unpaired) electrons. The molecular formula is C14H10ClN3O2. The van der Waals surface area contributed by atoms with Gasteiger partial charge < -0.3 is 10.1 Å². The highest BCUT2D eigenvalue weighted by molar-refractivity contribution is 6.31. The van der Waals surface area contributed by atoms with E-state index < -0.39 is 5.97 Å². The highest BCUT2D eigenvalue weighted by atomic mass is 35.5. The molecule has 1 aromatic carbocycles. The molecule has 20 heavy (non-hydrogen) atoms. The molecule has 0 unspecified atom stereocenters. The van der Waals surface area contributed by atoms with Crippen molar-refractivity contribution in [1.82, 2.24) is 15.0 Å². The Morgan fingerprint density at radius 2 is 2.15 bits per heavy atom. The normalized spacial score (nSPS) is 10.9. The molecule has 0 spiro atoms. The number of carboxylic acids is 1. The maximum absolute atomic E-state index is 11.2. The van der Waals surface area contributed by atoms with Crippen LogP contribution >= 0.6 is 11.6 Å². The lowest BCUT2D eigenvalue weighted by Gasteiger charge is -2.03. The number of hydrogen-bond acceptors (Lipinski definition) is 3. The molecular weight excluding hydrogens is 278 g/mol. The number of aromatic nitrogens is 3. The minimum Gasteiger partial charge on any atom is -0.478 e. The molecule has 0 aliphatic rings. The van der Waals surface area contributed by atoms with Gasteiger partial charge in [0.25, 0.3) is 0 Å². The first-order valence-electron chi connectivity index (χ1n) is 5.91. The summed E-state index contributed by atoms with van der Waals surface area (Å²) in [4.78, 5) is 22.6. The number of aromatic amines is 1. The molecule has 0 bridgehead atoms. The summed E-state index contributed by atoms with van der Waals surface area (Å²) in [6.45, 7) is 1.89. The maximum atomic E-state index is 11.2. The highest BCUT2D eigenvalue weighted by Crippen LogP contribution is 2.28. The third-order valence-electron chi connectivity index (χ3n) is 3.15. The second-order valence-corrected chi connectivity index (χ2v) is 4.77. The number of rotatable bonds is 2. The van der Waals surface area contributed by atoms with Gasteiger partial charge in [0.15, 0.2) is 5.65 Å². The van der Waals surface area contributed by atoms with Gasteiger partial charge in [-0.05, 0) is 24.6 Å². The Balaban J connectivity index is 2.26. The first-order chi connectivity index (χ1) is 9.58. The summed E-state index contributed by atoms with van der Waals surface area (Å²) in [5, 5.41) is 9.80. The van der Waals surface area contributed by atoms with Crippen molar-refractivity contribution in [3.8, 4) is 11.4 Å². The molecule has 0 aliphatic carbocycles. The van der Waals surface area contributed by atoms with Gasteiger partial charge in [-0.25, -0.2) is 14.8 Å². The van der Waals surface area contributed by atoms with Crippen LogP contribution in [0.15, 0.2) is 30.5 Å². The highest BCUT2D eigenvalue weighted by Gasteiger charge is 2.15. The Bertz CT molecular complexity index is 826. The number of hydrogen-bond donors (Lipinski definition) is 2. The van der Waals surface area contributed by atoms with E-state index in [0.29, 0.717) is 22.0 Å². The first kappa shape index (κ1) is 12.6. The fraction of sp³-hybridized carbons (Fsp3) is 0.0714. The minimum absolute atomic E-state index is 0.147. The van der Waals surface area contributed by atoms with E-state index in [1.54, 1.807) is 6.07 Å². The Morgan fingerprint density at radius 3 is 2.90 bits per heavy atom. The first-order valence-corrected chi connectivity index (χ1v) is 6.29. The number of carbonyl (C=O) groups is 1. The summed E-state index contributed by atoms with van der Waals surface area (Å²) < 4.78 is 0. The number of aromatic carboxylic acids is 1. The van der Waals surface area contributed by atoms with Crippen molar-refractivity contribution < 1.29 is 9.90 Å². The molecule has 0 amide bonds. The van der Waals surface area contributed by atoms with Gasteiger partial charge in [0.1, 0.15) is 5.82 Å². The molecule has 0 aliphatic heterocycles. The topological polar surface area (TPSA) is 78.9 Å². The van der Waals surface area contributed by atoms with Crippen molar-refractivity contribution in [2.24, 2.45) is 0 Å². The zero-order valence-electron chi connectivity index (χ0n) is 10.5. The van der Waals surface area contributed by atoms with Crippen molar-refractivity contribution in [2.45, 2.75) is 6.92 Å². The molecule has 2 aromatic heterocycles. The van der Waals surface area contributed by atoms with E-state index >= 15 is 0 Å². The molecule has 2 N–H and O–H groups in total. The fourth-order valence-electron chi connectivity index (χ4n) is 2.08. The predicted octanol–water partition coefficient (Wildman–Crippen LogP) is 3.28. The third-order valence-corrected chi connectivity index (χ3v) is 3.55. The Morgan fingerprint density at radius 1 is 1.35 bits per heavy atom. The number of carboxylic acid groups (broad SMARTS) is 1. The molecule has 3 aromatic rings. The molecule has 0 saturated carbocycles. The van der Waals surface area contributed by atoms with Crippen LogP contribution < -0.4 is 0 Å².